The van der Waals surface area contributed by atoms with Gasteiger partial charge in [-0.05, 0) is 49.9 Å². The van der Waals surface area contributed by atoms with Crippen LogP contribution in [0.1, 0.15) is 24.6 Å². The molecule has 38 heavy (non-hydrogen) atoms. The number of ether oxygens (including phenoxy) is 1. The zero-order valence-corrected chi connectivity index (χ0v) is 23.4. The first-order valence-corrected chi connectivity index (χ1v) is 15.7. The molecule has 5 rings (SSSR count). The molecule has 9 nitrogen and oxygen atoms in total. The molecule has 1 saturated heterocycles. The Morgan fingerprint density at radius 2 is 2.18 bits per heavy atom. The van der Waals surface area contributed by atoms with Crippen LogP contribution in [0.2, 0.25) is 0 Å². The summed E-state index contributed by atoms with van der Waals surface area (Å²) in [5.41, 5.74) is 2.09. The maximum atomic E-state index is 13.6. The zero-order valence-electron chi connectivity index (χ0n) is 21.0. The number of likely N-dealkylation sites (tertiary alicyclic amines) is 1. The molecule has 1 unspecified atom stereocenters. The van der Waals surface area contributed by atoms with E-state index in [0.717, 1.165) is 45.9 Å². The summed E-state index contributed by atoms with van der Waals surface area (Å²) < 4.78 is 34.4. The molecule has 1 aliphatic heterocycles. The first kappa shape index (κ1) is 26.8. The van der Waals surface area contributed by atoms with Crippen molar-refractivity contribution in [2.75, 3.05) is 37.2 Å². The van der Waals surface area contributed by atoms with Crippen LogP contribution in [0.3, 0.4) is 0 Å². The van der Waals surface area contributed by atoms with Gasteiger partial charge in [0.2, 0.25) is 0 Å². The highest BCUT2D eigenvalue weighted by atomic mass is 32.2. The Morgan fingerprint density at radius 1 is 1.32 bits per heavy atom. The van der Waals surface area contributed by atoms with Gasteiger partial charge in [0, 0.05) is 36.2 Å². The molecule has 1 fully saturated rings. The minimum atomic E-state index is -3.77. The van der Waals surface area contributed by atoms with Gasteiger partial charge in [-0.15, -0.1) is 22.7 Å². The molecule has 0 spiro atoms. The molecule has 4 aromatic rings. The molecule has 202 valence electrons. The van der Waals surface area contributed by atoms with Crippen LogP contribution in [0.5, 0.6) is 0 Å². The minimum absolute atomic E-state index is 0.191. The van der Waals surface area contributed by atoms with Gasteiger partial charge in [-0.2, -0.15) is 0 Å². The van der Waals surface area contributed by atoms with Gasteiger partial charge in [-0.1, -0.05) is 18.2 Å². The molecule has 1 atom stereocenters. The number of anilines is 1. The summed E-state index contributed by atoms with van der Waals surface area (Å²) in [5.74, 6) is -1.05. The van der Waals surface area contributed by atoms with Gasteiger partial charge in [0.15, 0.2) is 0 Å². The highest BCUT2D eigenvalue weighted by Crippen LogP contribution is 2.35. The summed E-state index contributed by atoms with van der Waals surface area (Å²) in [6, 6.07) is 11.0. The van der Waals surface area contributed by atoms with Gasteiger partial charge >= 0.3 is 5.97 Å². The van der Waals surface area contributed by atoms with E-state index in [-0.39, 0.29) is 23.3 Å². The average molecular weight is 575 g/mol. The fourth-order valence-electron chi connectivity index (χ4n) is 4.77. The molecular weight excluding hydrogens is 545 g/mol. The lowest BCUT2D eigenvalue weighted by molar-refractivity contribution is -0.143. The molecule has 4 heterocycles. The normalized spacial score (nSPS) is 16.7. The first-order valence-electron chi connectivity index (χ1n) is 12.5. The van der Waals surface area contributed by atoms with E-state index in [4.69, 9.17) is 4.74 Å². The number of thiophene rings is 1. The van der Waals surface area contributed by atoms with Gasteiger partial charge in [-0.25, -0.2) is 13.4 Å². The van der Waals surface area contributed by atoms with E-state index >= 15 is 0 Å². The number of carbonyl (C=O) groups is 1. The Kier molecular flexibility index (Phi) is 8.15. The molecule has 0 amide bonds. The number of hydrogen-bond donors (Lipinski definition) is 2. The third-order valence-corrected chi connectivity index (χ3v) is 10.8. The molecule has 1 aliphatic rings. The second kappa shape index (κ2) is 11.5. The monoisotopic (exact) mass is 574 g/mol. The summed E-state index contributed by atoms with van der Waals surface area (Å²) in [5, 5.41) is 12.8. The van der Waals surface area contributed by atoms with Crippen molar-refractivity contribution < 1.29 is 23.1 Å². The number of rotatable bonds is 11. The Balaban J connectivity index is 1.43. The lowest BCUT2D eigenvalue weighted by Gasteiger charge is -2.29. The second-order valence-electron chi connectivity index (χ2n) is 9.17. The number of carboxylic acids is 1. The summed E-state index contributed by atoms with van der Waals surface area (Å²) in [6.45, 7) is 4.95. The molecule has 0 aliphatic carbocycles. The number of thiazole rings is 1. The summed E-state index contributed by atoms with van der Waals surface area (Å²) >= 11 is 2.75. The number of benzene rings is 1. The SMILES string of the molecule is CCOCCN(c1cccc2cc(-c3ncc(CN4CCCC(C(=O)O)C4)s3)[nH]c12)S(=O)(=O)c1cccs1. The molecule has 0 bridgehead atoms. The van der Waals surface area contributed by atoms with Gasteiger partial charge in [0.1, 0.15) is 9.22 Å². The van der Waals surface area contributed by atoms with Gasteiger partial charge in [0.25, 0.3) is 10.0 Å². The highest BCUT2D eigenvalue weighted by molar-refractivity contribution is 7.94. The number of aliphatic carboxylic acids is 1. The number of fused-ring (bicyclic) bond motifs is 1. The number of nitrogens with zero attached hydrogens (tertiary/aromatic N) is 3. The Morgan fingerprint density at radius 3 is 2.95 bits per heavy atom. The molecular formula is C26H30N4O5S3. The summed E-state index contributed by atoms with van der Waals surface area (Å²) in [6.07, 6.45) is 3.44. The fourth-order valence-corrected chi connectivity index (χ4v) is 8.26. The van der Waals surface area contributed by atoms with Gasteiger partial charge in [-0.3, -0.25) is 14.0 Å². The number of para-hydroxylation sites is 1. The largest absolute Gasteiger partial charge is 0.481 e. The predicted octanol–water partition coefficient (Wildman–Crippen LogP) is 4.88. The third kappa shape index (κ3) is 5.64. The van der Waals surface area contributed by atoms with E-state index in [1.54, 1.807) is 28.8 Å². The number of H-pyrrole nitrogens is 1. The van der Waals surface area contributed by atoms with Crippen molar-refractivity contribution in [1.29, 1.82) is 0 Å². The molecule has 3 aromatic heterocycles. The topological polar surface area (TPSA) is 116 Å². The predicted molar refractivity (Wildman–Crippen MR) is 150 cm³/mol. The van der Waals surface area contributed by atoms with Crippen LogP contribution in [0.15, 0.2) is 52.2 Å². The van der Waals surface area contributed by atoms with E-state index in [1.807, 2.05) is 37.4 Å². The maximum Gasteiger partial charge on any atom is 0.307 e. The second-order valence-corrected chi connectivity index (χ2v) is 13.3. The van der Waals surface area contributed by atoms with Crippen molar-refractivity contribution in [1.82, 2.24) is 14.9 Å². The molecule has 2 N–H and O–H groups in total. The molecule has 0 radical (unpaired) electrons. The number of nitrogens with one attached hydrogen (secondary N) is 1. The molecule has 0 saturated carbocycles. The molecule has 12 heteroatoms. The van der Waals surface area contributed by atoms with Gasteiger partial charge < -0.3 is 14.8 Å². The maximum absolute atomic E-state index is 13.6. The molecule has 1 aromatic carbocycles. The Bertz CT molecular complexity index is 1500. The highest BCUT2D eigenvalue weighted by Gasteiger charge is 2.28. The van der Waals surface area contributed by atoms with Crippen LogP contribution in [-0.4, -0.2) is 67.2 Å². The third-order valence-electron chi connectivity index (χ3n) is 6.60. The van der Waals surface area contributed by atoms with Crippen LogP contribution >= 0.6 is 22.7 Å². The lowest BCUT2D eigenvalue weighted by atomic mass is 9.98. The van der Waals surface area contributed by atoms with Crippen molar-refractivity contribution in [2.24, 2.45) is 5.92 Å². The standard InChI is InChI=1S/C26H30N4O5S3/c1-2-35-12-11-30(38(33,34)23-9-5-13-36-23)22-8-3-6-18-14-21(28-24(18)22)25-27-15-20(37-25)17-29-10-4-7-19(16-29)26(31)32/h3,5-6,8-9,13-15,19,28H,2,4,7,10-12,16-17H2,1H3,(H,31,32). The van der Waals surface area contributed by atoms with Crippen molar-refractivity contribution in [2.45, 2.75) is 30.5 Å². The first-order chi connectivity index (χ1) is 18.4. The van der Waals surface area contributed by atoms with Crippen molar-refractivity contribution in [3.8, 4) is 10.7 Å². The van der Waals surface area contributed by atoms with Crippen molar-refractivity contribution >= 4 is 55.3 Å². The number of carboxylic acid groups (broad SMARTS) is 1. The smallest absolute Gasteiger partial charge is 0.307 e. The number of sulfonamides is 1. The van der Waals surface area contributed by atoms with Crippen molar-refractivity contribution in [3.05, 3.63) is 52.9 Å². The number of piperidine rings is 1. The van der Waals surface area contributed by atoms with Crippen molar-refractivity contribution in [3.63, 3.8) is 0 Å². The van der Waals surface area contributed by atoms with E-state index in [2.05, 4.69) is 14.9 Å². The van der Waals surface area contributed by atoms with E-state index < -0.39 is 16.0 Å². The number of aromatic amines is 1. The lowest BCUT2D eigenvalue weighted by Crippen LogP contribution is -2.37. The van der Waals surface area contributed by atoms with Crippen LogP contribution in [0, 0.1) is 5.92 Å². The zero-order chi connectivity index (χ0) is 26.7. The average Bonchev–Trinajstić information content (AvgIpc) is 3.67. The number of hydrogen-bond acceptors (Lipinski definition) is 8. The number of aromatic nitrogens is 2. The van der Waals surface area contributed by atoms with Crippen LogP contribution in [0.25, 0.3) is 21.6 Å². The van der Waals surface area contributed by atoms with Crippen LogP contribution < -0.4 is 4.31 Å². The van der Waals surface area contributed by atoms with Crippen LogP contribution in [-0.2, 0) is 26.1 Å². The fraction of sp³-hybridized carbons (Fsp3) is 0.385. The Hall–Kier alpha value is -2.77. The minimum Gasteiger partial charge on any atom is -0.481 e. The quantitative estimate of drug-likeness (QED) is 0.245. The Labute approximate surface area is 229 Å². The van der Waals surface area contributed by atoms with Gasteiger partial charge in [0.05, 0.1) is 36.0 Å². The summed E-state index contributed by atoms with van der Waals surface area (Å²) in [7, 11) is -3.77. The van der Waals surface area contributed by atoms with E-state index in [1.165, 1.54) is 15.6 Å². The summed E-state index contributed by atoms with van der Waals surface area (Å²) in [4.78, 5) is 22.7. The van der Waals surface area contributed by atoms with Crippen LogP contribution in [0.4, 0.5) is 5.69 Å². The van der Waals surface area contributed by atoms with E-state index in [9.17, 15) is 18.3 Å². The van der Waals surface area contributed by atoms with E-state index in [0.29, 0.717) is 25.4 Å².